The van der Waals surface area contributed by atoms with Crippen LogP contribution in [-0.4, -0.2) is 38.6 Å². The van der Waals surface area contributed by atoms with E-state index in [4.69, 9.17) is 0 Å². The van der Waals surface area contributed by atoms with Crippen LogP contribution in [0.3, 0.4) is 0 Å². The third-order valence-corrected chi connectivity index (χ3v) is 8.76. The van der Waals surface area contributed by atoms with E-state index in [9.17, 15) is 10.5 Å². The molecule has 0 saturated carbocycles. The largest absolute Gasteiger partial charge is 0.372 e. The molecule has 0 saturated heterocycles. The summed E-state index contributed by atoms with van der Waals surface area (Å²) >= 11 is 0. The number of nitrogens with zero attached hydrogens (tertiary/aromatic N) is 6. The first-order valence-electron chi connectivity index (χ1n) is 18.9. The van der Waals surface area contributed by atoms with Gasteiger partial charge in [-0.05, 0) is 61.1 Å². The maximum Gasteiger partial charge on any atom is 0.176 e. The zero-order valence-corrected chi connectivity index (χ0v) is 30.6. The second-order valence-corrected chi connectivity index (χ2v) is 12.8. The van der Waals surface area contributed by atoms with Gasteiger partial charge in [0.05, 0.1) is 0 Å². The molecule has 0 aliphatic carbocycles. The van der Waals surface area contributed by atoms with Crippen LogP contribution in [0.25, 0.3) is 0 Å². The Morgan fingerprint density at radius 2 is 0.771 bits per heavy atom. The highest BCUT2D eigenvalue weighted by molar-refractivity contribution is 5.83. The Morgan fingerprint density at radius 1 is 0.479 bits per heavy atom. The number of unbranched alkanes of at least 4 members (excludes halogenated alkanes) is 12. The van der Waals surface area contributed by atoms with Crippen LogP contribution in [0.1, 0.15) is 142 Å². The van der Waals surface area contributed by atoms with Crippen LogP contribution in [0.15, 0.2) is 69.9 Å². The van der Waals surface area contributed by atoms with Crippen molar-refractivity contribution in [3.05, 3.63) is 71.1 Å². The van der Waals surface area contributed by atoms with Crippen LogP contribution in [0.4, 0.5) is 11.4 Å². The summed E-state index contributed by atoms with van der Waals surface area (Å²) in [5.41, 5.74) is 4.23. The molecule has 0 aliphatic rings. The van der Waals surface area contributed by atoms with Crippen molar-refractivity contribution in [3.8, 4) is 12.1 Å². The molecule has 0 spiro atoms. The topological polar surface area (TPSA) is 78.8 Å². The predicted octanol–water partition coefficient (Wildman–Crippen LogP) is 11.4. The number of hydrogen-bond acceptors (Lipinski definition) is 6. The van der Waals surface area contributed by atoms with Crippen molar-refractivity contribution in [2.24, 2.45) is 9.98 Å². The lowest BCUT2D eigenvalue weighted by molar-refractivity contribution is 0.609. The van der Waals surface area contributed by atoms with E-state index in [1.54, 1.807) is 12.4 Å². The molecule has 2 aromatic carbocycles. The summed E-state index contributed by atoms with van der Waals surface area (Å²) in [5, 5.41) is 19.6. The average Bonchev–Trinajstić information content (AvgIpc) is 3.12. The minimum atomic E-state index is 0.00764. The van der Waals surface area contributed by atoms with Gasteiger partial charge in [0.25, 0.3) is 0 Å². The maximum atomic E-state index is 9.81. The van der Waals surface area contributed by atoms with E-state index in [0.29, 0.717) is 0 Å². The van der Waals surface area contributed by atoms with Crippen molar-refractivity contribution in [2.75, 3.05) is 36.0 Å². The van der Waals surface area contributed by atoms with Gasteiger partial charge in [-0.2, -0.15) is 10.5 Å². The van der Waals surface area contributed by atoms with Gasteiger partial charge in [-0.1, -0.05) is 129 Å². The van der Waals surface area contributed by atoms with Crippen LogP contribution in [0.5, 0.6) is 0 Å². The first-order chi connectivity index (χ1) is 23.6. The van der Waals surface area contributed by atoms with E-state index >= 15 is 0 Å². The van der Waals surface area contributed by atoms with Crippen LogP contribution in [0, 0.1) is 22.7 Å². The summed E-state index contributed by atoms with van der Waals surface area (Å²) in [6, 6.07) is 20.8. The SMILES string of the molecule is CCCCCCN(CCCCCC)c1ccc(C=N/C(C#N)=C(\C#N)N=Cc2ccc(N(CCCCCC)CCCCCC)cc2)cc1. The molecule has 6 nitrogen and oxygen atoms in total. The monoisotopic (exact) mass is 651 g/mol. The molecular formula is C42H62N6. The Balaban J connectivity index is 2.11. The lowest BCUT2D eigenvalue weighted by Gasteiger charge is -2.25. The van der Waals surface area contributed by atoms with Crippen LogP contribution < -0.4 is 9.80 Å². The summed E-state index contributed by atoms with van der Waals surface area (Å²) in [7, 11) is 0. The normalized spacial score (nSPS) is 11.9. The lowest BCUT2D eigenvalue weighted by Crippen LogP contribution is -2.25. The van der Waals surface area contributed by atoms with E-state index in [-0.39, 0.29) is 11.4 Å². The third-order valence-electron chi connectivity index (χ3n) is 8.76. The molecule has 0 N–H and O–H groups in total. The summed E-state index contributed by atoms with van der Waals surface area (Å²) in [4.78, 5) is 13.7. The molecule has 48 heavy (non-hydrogen) atoms. The Kier molecular flexibility index (Phi) is 21.9. The van der Waals surface area contributed by atoms with E-state index in [1.807, 2.05) is 24.3 Å². The van der Waals surface area contributed by atoms with Gasteiger partial charge in [0, 0.05) is 50.0 Å². The van der Waals surface area contributed by atoms with Crippen LogP contribution in [0.2, 0.25) is 0 Å². The number of rotatable bonds is 26. The smallest absolute Gasteiger partial charge is 0.176 e. The first kappa shape index (κ1) is 40.3. The fourth-order valence-corrected chi connectivity index (χ4v) is 5.76. The molecule has 0 aromatic heterocycles. The molecule has 0 radical (unpaired) electrons. The lowest BCUT2D eigenvalue weighted by atomic mass is 10.1. The highest BCUT2D eigenvalue weighted by atomic mass is 15.1. The molecule has 0 atom stereocenters. The number of hydrogen-bond donors (Lipinski definition) is 0. The zero-order valence-electron chi connectivity index (χ0n) is 30.6. The Labute approximate surface area is 293 Å². The summed E-state index contributed by atoms with van der Waals surface area (Å²) in [6.07, 6.45) is 23.3. The number of allylic oxidation sites excluding steroid dienone is 2. The van der Waals surface area contributed by atoms with Crippen molar-refractivity contribution in [2.45, 2.75) is 130 Å². The van der Waals surface area contributed by atoms with Gasteiger partial charge >= 0.3 is 0 Å². The fourth-order valence-electron chi connectivity index (χ4n) is 5.76. The molecular weight excluding hydrogens is 589 g/mol. The van der Waals surface area contributed by atoms with Gasteiger partial charge in [-0.25, -0.2) is 9.98 Å². The standard InChI is InChI=1S/C42H62N6/c1-5-9-13-17-29-47(30-18-14-10-6-2)39-25-21-37(22-26-39)35-45-41(33-43)42(34-44)46-36-38-23-27-40(28-24-38)48(31-19-15-11-7-3)32-20-16-12-8-4/h21-28,35-36H,5-20,29-32H2,1-4H3/b42-41+,45-35?,46-36?. The van der Waals surface area contributed by atoms with E-state index in [1.165, 1.54) is 114 Å². The zero-order chi connectivity index (χ0) is 34.7. The quantitative estimate of drug-likeness (QED) is 0.0576. The van der Waals surface area contributed by atoms with E-state index < -0.39 is 0 Å². The average molecular weight is 651 g/mol. The van der Waals surface area contributed by atoms with Crippen molar-refractivity contribution in [1.82, 2.24) is 0 Å². The van der Waals surface area contributed by atoms with Gasteiger partial charge in [0.2, 0.25) is 0 Å². The van der Waals surface area contributed by atoms with E-state index in [0.717, 1.165) is 37.3 Å². The van der Waals surface area contributed by atoms with Crippen molar-refractivity contribution >= 4 is 23.8 Å². The number of benzene rings is 2. The van der Waals surface area contributed by atoms with Crippen molar-refractivity contribution in [1.29, 1.82) is 10.5 Å². The minimum Gasteiger partial charge on any atom is -0.372 e. The van der Waals surface area contributed by atoms with Crippen molar-refractivity contribution < 1.29 is 0 Å². The molecule has 0 amide bonds. The fraction of sp³-hybridized carbons (Fsp3) is 0.571. The molecule has 0 unspecified atom stereocenters. The molecule has 260 valence electrons. The summed E-state index contributed by atoms with van der Waals surface area (Å²) in [6.45, 7) is 13.3. The Hall–Kier alpha value is -3.90. The Bertz CT molecular complexity index is 1170. The summed E-state index contributed by atoms with van der Waals surface area (Å²) in [5.74, 6) is 0. The highest BCUT2D eigenvalue weighted by Gasteiger charge is 2.09. The van der Waals surface area contributed by atoms with E-state index in [2.05, 4.69) is 83.9 Å². The number of nitriles is 2. The van der Waals surface area contributed by atoms with Gasteiger partial charge in [0.15, 0.2) is 11.4 Å². The molecule has 0 aliphatic heterocycles. The molecule has 6 heteroatoms. The predicted molar refractivity (Wildman–Crippen MR) is 207 cm³/mol. The first-order valence-corrected chi connectivity index (χ1v) is 18.9. The van der Waals surface area contributed by atoms with Gasteiger partial charge in [-0.3, -0.25) is 0 Å². The Morgan fingerprint density at radius 3 is 1.02 bits per heavy atom. The second-order valence-electron chi connectivity index (χ2n) is 12.8. The molecule has 0 fully saturated rings. The van der Waals surface area contributed by atoms with Crippen LogP contribution >= 0.6 is 0 Å². The molecule has 2 aromatic rings. The van der Waals surface area contributed by atoms with Gasteiger partial charge < -0.3 is 9.80 Å². The molecule has 0 heterocycles. The van der Waals surface area contributed by atoms with Crippen LogP contribution in [-0.2, 0) is 0 Å². The molecule has 2 rings (SSSR count). The minimum absolute atomic E-state index is 0.00764. The number of aliphatic imine (C=N–C) groups is 2. The summed E-state index contributed by atoms with van der Waals surface area (Å²) < 4.78 is 0. The third kappa shape index (κ3) is 16.3. The highest BCUT2D eigenvalue weighted by Crippen LogP contribution is 2.20. The molecule has 0 bridgehead atoms. The van der Waals surface area contributed by atoms with Crippen molar-refractivity contribution in [3.63, 3.8) is 0 Å². The van der Waals surface area contributed by atoms with Gasteiger partial charge in [0.1, 0.15) is 12.1 Å². The van der Waals surface area contributed by atoms with Gasteiger partial charge in [-0.15, -0.1) is 0 Å². The number of anilines is 2. The second kappa shape index (κ2) is 26.1. The maximum absolute atomic E-state index is 9.81.